The molecule has 5 heterocycles. The molecule has 0 spiro atoms. The summed E-state index contributed by atoms with van der Waals surface area (Å²) in [5.74, 6) is -2.45. The first-order chi connectivity index (χ1) is 22.3. The Hall–Kier alpha value is -4.18. The number of ether oxygens (including phenoxy) is 1. The lowest BCUT2D eigenvalue weighted by Gasteiger charge is -2.44. The maximum atomic E-state index is 16.8. The van der Waals surface area contributed by atoms with Crippen molar-refractivity contribution >= 4 is 49.3 Å². The third kappa shape index (κ3) is 5.21. The van der Waals surface area contributed by atoms with Gasteiger partial charge in [0, 0.05) is 49.6 Å². The van der Waals surface area contributed by atoms with Crippen LogP contribution in [0.5, 0.6) is 6.01 Å². The molecule has 0 saturated carbocycles. The van der Waals surface area contributed by atoms with E-state index in [2.05, 4.69) is 21.5 Å². The number of amides is 1. The Balaban J connectivity index is 1.40. The van der Waals surface area contributed by atoms with Gasteiger partial charge < -0.3 is 20.3 Å². The van der Waals surface area contributed by atoms with E-state index >= 15 is 4.39 Å². The second-order valence-electron chi connectivity index (χ2n) is 12.2. The van der Waals surface area contributed by atoms with Crippen LogP contribution in [-0.2, 0) is 11.0 Å². The Morgan fingerprint density at radius 2 is 1.98 bits per heavy atom. The summed E-state index contributed by atoms with van der Waals surface area (Å²) in [7, 11) is 1.58. The quantitative estimate of drug-likeness (QED) is 0.200. The zero-order valence-electron chi connectivity index (χ0n) is 25.1. The molecule has 9 nitrogen and oxygen atoms in total. The minimum Gasteiger partial charge on any atom is -0.461 e. The third-order valence-corrected chi connectivity index (χ3v) is 10.3. The monoisotopic (exact) mass is 677 g/mol. The van der Waals surface area contributed by atoms with Gasteiger partial charge in [0.15, 0.2) is 10.9 Å². The lowest BCUT2D eigenvalue weighted by Crippen LogP contribution is -2.60. The second kappa shape index (κ2) is 11.2. The minimum atomic E-state index is -5.06. The summed E-state index contributed by atoms with van der Waals surface area (Å²) in [6.45, 7) is 4.89. The van der Waals surface area contributed by atoms with Crippen molar-refractivity contribution < 1.29 is 35.9 Å². The molecule has 0 radical (unpaired) electrons. The fourth-order valence-corrected chi connectivity index (χ4v) is 7.80. The third-order valence-electron chi connectivity index (χ3n) is 9.44. The Morgan fingerprint density at radius 1 is 1.21 bits per heavy atom. The summed E-state index contributed by atoms with van der Waals surface area (Å²) < 4.78 is 96.0. The molecule has 16 heteroatoms. The smallest absolute Gasteiger partial charge is 0.417 e. The Labute approximate surface area is 268 Å². The summed E-state index contributed by atoms with van der Waals surface area (Å²) in [5.41, 5.74) is 1.96. The van der Waals surface area contributed by atoms with Crippen LogP contribution >= 0.6 is 11.3 Å². The number of aromatic nitrogens is 3. The highest BCUT2D eigenvalue weighted by atomic mass is 32.1. The van der Waals surface area contributed by atoms with Crippen LogP contribution in [-0.4, -0.2) is 88.2 Å². The first kappa shape index (κ1) is 31.4. The minimum absolute atomic E-state index is 0.00107. The van der Waals surface area contributed by atoms with Crippen molar-refractivity contribution in [1.29, 1.82) is 0 Å². The summed E-state index contributed by atoms with van der Waals surface area (Å²) >= 11 is 0.732. The number of thiazole rings is 1. The molecule has 3 fully saturated rings. The fraction of sp³-hybridized carbons (Fsp3) is 0.419. The van der Waals surface area contributed by atoms with Crippen LogP contribution in [0.4, 0.5) is 37.3 Å². The van der Waals surface area contributed by atoms with Crippen molar-refractivity contribution in [3.8, 4) is 17.1 Å². The highest BCUT2D eigenvalue weighted by Gasteiger charge is 2.49. The molecule has 0 aliphatic carbocycles. The molecule has 2 atom stereocenters. The number of fused-ring (bicyclic) bond motifs is 3. The number of alkyl halides is 4. The van der Waals surface area contributed by atoms with Gasteiger partial charge in [-0.2, -0.15) is 23.1 Å². The van der Waals surface area contributed by atoms with Crippen LogP contribution in [0.1, 0.15) is 24.8 Å². The van der Waals surface area contributed by atoms with Crippen LogP contribution in [0.3, 0.4) is 0 Å². The predicted octanol–water partition coefficient (Wildman–Crippen LogP) is 5.57. The number of nitrogens with two attached hydrogens (primary N) is 1. The highest BCUT2D eigenvalue weighted by Crippen LogP contribution is 2.46. The molecule has 47 heavy (non-hydrogen) atoms. The zero-order valence-corrected chi connectivity index (χ0v) is 25.9. The van der Waals surface area contributed by atoms with Crippen LogP contribution in [0.25, 0.3) is 32.2 Å². The number of carbonyl (C=O) groups is 1. The van der Waals surface area contributed by atoms with E-state index in [1.54, 1.807) is 11.9 Å². The molecule has 2 aromatic carbocycles. The molecule has 2 N–H and O–H groups in total. The lowest BCUT2D eigenvalue weighted by molar-refractivity contribution is -0.137. The van der Waals surface area contributed by atoms with E-state index in [-0.39, 0.29) is 82.7 Å². The normalized spacial score (nSPS) is 21.8. The van der Waals surface area contributed by atoms with Crippen LogP contribution in [0.15, 0.2) is 30.9 Å². The number of rotatable bonds is 7. The first-order valence-corrected chi connectivity index (χ1v) is 15.7. The van der Waals surface area contributed by atoms with Gasteiger partial charge >= 0.3 is 12.2 Å². The van der Waals surface area contributed by atoms with Gasteiger partial charge in [-0.3, -0.25) is 9.69 Å². The van der Waals surface area contributed by atoms with Crippen LogP contribution in [0.2, 0.25) is 0 Å². The maximum absolute atomic E-state index is 16.8. The van der Waals surface area contributed by atoms with Gasteiger partial charge in [-0.15, -0.1) is 0 Å². The maximum Gasteiger partial charge on any atom is 0.417 e. The number of benzene rings is 2. The number of halogens is 6. The molecule has 0 unspecified atom stereocenters. The van der Waals surface area contributed by atoms with E-state index in [4.69, 9.17) is 10.5 Å². The number of nitrogen functional groups attached to an aromatic ring is 1. The molecule has 248 valence electrons. The van der Waals surface area contributed by atoms with Gasteiger partial charge in [0.2, 0.25) is 5.91 Å². The van der Waals surface area contributed by atoms with Crippen LogP contribution in [0, 0.1) is 11.6 Å². The predicted molar refractivity (Wildman–Crippen MR) is 165 cm³/mol. The summed E-state index contributed by atoms with van der Waals surface area (Å²) in [5, 5.41) is -0.348. The van der Waals surface area contributed by atoms with E-state index in [0.717, 1.165) is 42.0 Å². The number of nitrogens with zero attached hydrogens (tertiary/aromatic N) is 6. The van der Waals surface area contributed by atoms with Crippen molar-refractivity contribution in [2.45, 2.75) is 43.2 Å². The summed E-state index contributed by atoms with van der Waals surface area (Å²) in [4.78, 5) is 29.9. The fourth-order valence-electron chi connectivity index (χ4n) is 7.04. The number of carbonyl (C=O) groups excluding carboxylic acids is 1. The van der Waals surface area contributed by atoms with E-state index in [1.807, 2.05) is 4.90 Å². The number of anilines is 2. The average Bonchev–Trinajstić information content (AvgIpc) is 3.66. The Bertz CT molecular complexity index is 1930. The van der Waals surface area contributed by atoms with Crippen LogP contribution < -0.4 is 15.4 Å². The molecule has 7 rings (SSSR count). The topological polar surface area (TPSA) is 101 Å². The molecule has 3 saturated heterocycles. The van der Waals surface area contributed by atoms with Crippen molar-refractivity contribution in [2.75, 3.05) is 50.5 Å². The van der Waals surface area contributed by atoms with Gasteiger partial charge in [0.1, 0.15) is 29.9 Å². The van der Waals surface area contributed by atoms with Gasteiger partial charge in [0.05, 0.1) is 27.4 Å². The second-order valence-corrected chi connectivity index (χ2v) is 13.3. The number of hydrogen-bond acceptors (Lipinski definition) is 9. The first-order valence-electron chi connectivity index (χ1n) is 14.9. The van der Waals surface area contributed by atoms with E-state index in [9.17, 15) is 26.7 Å². The van der Waals surface area contributed by atoms with Crippen molar-refractivity contribution in [2.24, 2.45) is 0 Å². The molecule has 3 aliphatic heterocycles. The molecule has 1 amide bonds. The SMILES string of the molecule is C=CC(=O)N1CC(N(C)c2nc(OC[C@@]34CCCN3C[C@H](F)C4)nc3c(F)c(-c4ccc(F)c5sc(N)nc45)c(C(F)(F)F)cc23)C1. The molecule has 4 aromatic rings. The lowest BCUT2D eigenvalue weighted by atomic mass is 9.94. The zero-order chi connectivity index (χ0) is 33.4. The molecule has 2 aromatic heterocycles. The van der Waals surface area contributed by atoms with E-state index < -0.39 is 46.2 Å². The molecular weight excluding hydrogens is 648 g/mol. The standard InChI is InChI=1S/C31H29F6N7O2S/c1-3-21(45)43-12-16(13-43)42(2)27-18-9-19(31(35,36)37)22(17-5-6-20(33)26-25(17)39-28(38)47-26)23(34)24(18)40-29(41-27)46-14-30-7-4-8-44(30)11-15(32)10-30/h3,5-6,9,15-16H,1,4,7-8,10-14H2,2H3,(H2,38,39)/t15-,30+/m1/s1. The van der Waals surface area contributed by atoms with Gasteiger partial charge in [0.25, 0.3) is 0 Å². The molecular formula is C31H29F6N7O2S. The molecule has 0 bridgehead atoms. The highest BCUT2D eigenvalue weighted by molar-refractivity contribution is 7.22. The number of hydrogen-bond donors (Lipinski definition) is 1. The van der Waals surface area contributed by atoms with Crippen molar-refractivity contribution in [3.63, 3.8) is 0 Å². The Kier molecular flexibility index (Phi) is 7.50. The summed E-state index contributed by atoms with van der Waals surface area (Å²) in [6.07, 6.45) is -3.17. The molecule has 3 aliphatic rings. The average molecular weight is 678 g/mol. The largest absolute Gasteiger partial charge is 0.461 e. The van der Waals surface area contributed by atoms with E-state index in [1.165, 1.54) is 4.90 Å². The van der Waals surface area contributed by atoms with Gasteiger partial charge in [-0.05, 0) is 43.7 Å². The number of likely N-dealkylation sites (tertiary alicyclic amines) is 1. The van der Waals surface area contributed by atoms with Crippen molar-refractivity contribution in [1.82, 2.24) is 24.8 Å². The number of likely N-dealkylation sites (N-methyl/N-ethyl adjacent to an activating group) is 1. The van der Waals surface area contributed by atoms with Gasteiger partial charge in [-0.1, -0.05) is 17.9 Å². The van der Waals surface area contributed by atoms with E-state index in [0.29, 0.717) is 13.0 Å². The summed E-state index contributed by atoms with van der Waals surface area (Å²) in [6, 6.07) is 2.06. The van der Waals surface area contributed by atoms with Gasteiger partial charge in [-0.25, -0.2) is 18.2 Å². The Morgan fingerprint density at radius 3 is 2.70 bits per heavy atom. The van der Waals surface area contributed by atoms with Crippen molar-refractivity contribution in [3.05, 3.63) is 48.1 Å².